The van der Waals surface area contributed by atoms with E-state index in [9.17, 15) is 20.1 Å². The molecule has 6 nitrogen and oxygen atoms in total. The molecular formula is C32H51NO5. The average Bonchev–Trinajstić information content (AvgIpc) is 3.21. The molecule has 11 atom stereocenters. The van der Waals surface area contributed by atoms with Gasteiger partial charge in [0.25, 0.3) is 0 Å². The van der Waals surface area contributed by atoms with Crippen LogP contribution in [-0.2, 0) is 4.79 Å². The van der Waals surface area contributed by atoms with Crippen molar-refractivity contribution in [3.8, 4) is 0 Å². The maximum absolute atomic E-state index is 11.5. The van der Waals surface area contributed by atoms with Crippen LogP contribution in [0.1, 0.15) is 89.7 Å². The Balaban J connectivity index is 0.000000317. The lowest BCUT2D eigenvalue weighted by Crippen LogP contribution is -2.62. The van der Waals surface area contributed by atoms with E-state index in [1.807, 2.05) is 19.1 Å². The van der Waals surface area contributed by atoms with E-state index in [2.05, 4.69) is 33.8 Å². The molecule has 0 heterocycles. The molecule has 0 bridgehead atoms. The number of aliphatic carboxylic acids is 1. The van der Waals surface area contributed by atoms with E-state index >= 15 is 0 Å². The molecule has 0 radical (unpaired) electrons. The highest BCUT2D eigenvalue weighted by Gasteiger charge is 2.65. The number of carbonyl (C=O) groups is 1. The van der Waals surface area contributed by atoms with Gasteiger partial charge in [0.15, 0.2) is 0 Å². The maximum Gasteiger partial charge on any atom is 0.303 e. The van der Waals surface area contributed by atoms with E-state index in [1.165, 1.54) is 11.1 Å². The second-order valence-corrected chi connectivity index (χ2v) is 13.7. The Hall–Kier alpha value is -1.63. The van der Waals surface area contributed by atoms with Crippen LogP contribution < -0.4 is 5.73 Å². The number of hydrogen-bond donors (Lipinski definition) is 5. The molecule has 4 saturated carbocycles. The lowest BCUT2D eigenvalue weighted by Gasteiger charge is -2.63. The fourth-order valence-corrected chi connectivity index (χ4v) is 9.46. The summed E-state index contributed by atoms with van der Waals surface area (Å²) in [5.41, 5.74) is 8.81. The van der Waals surface area contributed by atoms with Crippen LogP contribution in [0.2, 0.25) is 0 Å². The number of rotatable bonds is 4. The molecule has 1 aromatic rings. The molecule has 0 aromatic heterocycles. The summed E-state index contributed by atoms with van der Waals surface area (Å²) in [5.74, 6) is 0.997. The number of anilines is 1. The van der Waals surface area contributed by atoms with Gasteiger partial charge in [-0.3, -0.25) is 4.79 Å². The predicted octanol–water partition coefficient (Wildman–Crippen LogP) is 5.33. The molecule has 0 unspecified atom stereocenters. The third kappa shape index (κ3) is 5.13. The van der Waals surface area contributed by atoms with Gasteiger partial charge in [-0.25, -0.2) is 0 Å². The number of nitrogens with two attached hydrogens (primary N) is 1. The first-order valence-corrected chi connectivity index (χ1v) is 14.9. The van der Waals surface area contributed by atoms with Crippen LogP contribution in [0.5, 0.6) is 0 Å². The Bertz CT molecular complexity index is 978. The Morgan fingerprint density at radius 2 is 1.76 bits per heavy atom. The van der Waals surface area contributed by atoms with Crippen molar-refractivity contribution in [3.05, 3.63) is 29.3 Å². The van der Waals surface area contributed by atoms with Crippen molar-refractivity contribution in [1.82, 2.24) is 0 Å². The molecule has 0 spiro atoms. The minimum absolute atomic E-state index is 0.0957. The van der Waals surface area contributed by atoms with E-state index in [1.54, 1.807) is 0 Å². The van der Waals surface area contributed by atoms with E-state index in [0.29, 0.717) is 30.1 Å². The first-order chi connectivity index (χ1) is 17.8. The van der Waals surface area contributed by atoms with Gasteiger partial charge in [0, 0.05) is 12.1 Å². The van der Waals surface area contributed by atoms with E-state index in [-0.39, 0.29) is 41.3 Å². The molecule has 6 heteroatoms. The lowest BCUT2D eigenvalue weighted by atomic mass is 9.43. The van der Waals surface area contributed by atoms with Gasteiger partial charge in [-0.15, -0.1) is 0 Å². The summed E-state index contributed by atoms with van der Waals surface area (Å²) in [4.78, 5) is 11.1. The summed E-state index contributed by atoms with van der Waals surface area (Å²) in [6.07, 6.45) is 6.00. The zero-order chi connectivity index (χ0) is 28.0. The summed E-state index contributed by atoms with van der Waals surface area (Å²) in [5, 5.41) is 42.0. The molecule has 4 aliphatic carbocycles. The van der Waals surface area contributed by atoms with Gasteiger partial charge in [-0.05, 0) is 129 Å². The molecule has 5 rings (SSSR count). The lowest BCUT2D eigenvalue weighted by molar-refractivity contribution is -0.207. The Labute approximate surface area is 229 Å². The third-order valence-corrected chi connectivity index (χ3v) is 12.0. The van der Waals surface area contributed by atoms with Crippen molar-refractivity contribution in [3.63, 3.8) is 0 Å². The summed E-state index contributed by atoms with van der Waals surface area (Å²) in [7, 11) is 0. The van der Waals surface area contributed by atoms with E-state index in [4.69, 9.17) is 10.8 Å². The van der Waals surface area contributed by atoms with Crippen molar-refractivity contribution in [1.29, 1.82) is 0 Å². The van der Waals surface area contributed by atoms with Gasteiger partial charge in [0.05, 0.1) is 18.3 Å². The highest BCUT2D eigenvalue weighted by atomic mass is 16.4. The topological polar surface area (TPSA) is 124 Å². The quantitative estimate of drug-likeness (QED) is 0.336. The number of hydrogen-bond acceptors (Lipinski definition) is 5. The summed E-state index contributed by atoms with van der Waals surface area (Å²) in [6.45, 7) is 10.8. The van der Waals surface area contributed by atoms with Gasteiger partial charge in [-0.2, -0.15) is 0 Å². The van der Waals surface area contributed by atoms with Crippen molar-refractivity contribution < 1.29 is 25.2 Å². The molecular weight excluding hydrogens is 478 g/mol. The first kappa shape index (κ1) is 29.4. The summed E-state index contributed by atoms with van der Waals surface area (Å²) < 4.78 is 0. The fraction of sp³-hybridized carbons (Fsp3) is 0.781. The fourth-order valence-electron chi connectivity index (χ4n) is 9.46. The molecule has 1 aromatic carbocycles. The minimum Gasteiger partial charge on any atom is -0.481 e. The molecule has 214 valence electrons. The third-order valence-electron chi connectivity index (χ3n) is 12.0. The second-order valence-electron chi connectivity index (χ2n) is 13.7. The van der Waals surface area contributed by atoms with Crippen LogP contribution in [0.25, 0.3) is 0 Å². The molecule has 0 aliphatic heterocycles. The Morgan fingerprint density at radius 3 is 2.39 bits per heavy atom. The van der Waals surface area contributed by atoms with Gasteiger partial charge in [0.2, 0.25) is 0 Å². The number of carboxylic acid groups (broad SMARTS) is 1. The van der Waals surface area contributed by atoms with E-state index in [0.717, 1.165) is 50.6 Å². The van der Waals surface area contributed by atoms with Crippen LogP contribution in [0, 0.1) is 60.2 Å². The molecule has 38 heavy (non-hydrogen) atoms. The number of aliphatic hydroxyl groups is 3. The molecule has 0 saturated heterocycles. The van der Waals surface area contributed by atoms with Crippen molar-refractivity contribution in [2.75, 3.05) is 5.73 Å². The van der Waals surface area contributed by atoms with Gasteiger partial charge >= 0.3 is 5.97 Å². The van der Waals surface area contributed by atoms with Gasteiger partial charge in [-0.1, -0.05) is 32.9 Å². The van der Waals surface area contributed by atoms with Gasteiger partial charge in [0.1, 0.15) is 0 Å². The molecule has 4 fully saturated rings. The minimum atomic E-state index is -0.748. The monoisotopic (exact) mass is 529 g/mol. The van der Waals surface area contributed by atoms with E-state index < -0.39 is 12.1 Å². The highest BCUT2D eigenvalue weighted by Crippen LogP contribution is 2.68. The first-order valence-electron chi connectivity index (χ1n) is 14.9. The van der Waals surface area contributed by atoms with Crippen LogP contribution in [0.4, 0.5) is 5.69 Å². The Morgan fingerprint density at radius 1 is 1.05 bits per heavy atom. The average molecular weight is 530 g/mol. The number of fused-ring (bicyclic) bond motifs is 5. The standard InChI is InChI=1S/C24H40O5.C8H11N/c1-13(4-7-21(28)29)16-5-6-17-22-18(12-20(27)24(16,17)3)23(2)9-8-15(25)10-14(23)11-19(22)26;1-6-4-3-5-8(9)7(6)2/h13-20,22,25-27H,4-12H2,1-3H3,(H,28,29);3-5H,9H2,1-2H3/t13-,14+,15-,16-,17+,18+,19-,20+,22+,23+,24-;/m1./s1. The zero-order valence-electron chi connectivity index (χ0n) is 24.1. The molecule has 0 amide bonds. The smallest absolute Gasteiger partial charge is 0.303 e. The molecule has 6 N–H and O–H groups in total. The SMILES string of the molecule is C[C@H](CCC(=O)O)[C@H]1CC[C@H]2[C@@H]3[C@H](O)C[C@@H]4C[C@H](O)CC[C@]4(C)[C@H]3C[C@H](O)[C@]12C.Cc1cccc(N)c1C. The second kappa shape index (κ2) is 11.1. The highest BCUT2D eigenvalue weighted by molar-refractivity contribution is 5.66. The predicted molar refractivity (Wildman–Crippen MR) is 150 cm³/mol. The number of aryl methyl sites for hydroxylation is 1. The number of carboxylic acids is 1. The summed E-state index contributed by atoms with van der Waals surface area (Å²) >= 11 is 0. The van der Waals surface area contributed by atoms with Crippen molar-refractivity contribution in [2.45, 2.75) is 111 Å². The van der Waals surface area contributed by atoms with Crippen LogP contribution in [-0.4, -0.2) is 44.7 Å². The van der Waals surface area contributed by atoms with Crippen LogP contribution >= 0.6 is 0 Å². The maximum atomic E-state index is 11.5. The summed E-state index contributed by atoms with van der Waals surface area (Å²) in [6, 6.07) is 5.95. The number of nitrogen functional groups attached to an aromatic ring is 1. The Kier molecular flexibility index (Phi) is 8.57. The number of benzene rings is 1. The van der Waals surface area contributed by atoms with Crippen molar-refractivity contribution >= 4 is 11.7 Å². The zero-order valence-corrected chi connectivity index (χ0v) is 24.1. The van der Waals surface area contributed by atoms with Crippen molar-refractivity contribution in [2.24, 2.45) is 46.3 Å². The largest absolute Gasteiger partial charge is 0.481 e. The van der Waals surface area contributed by atoms with Crippen LogP contribution in [0.3, 0.4) is 0 Å². The normalized spacial score (nSPS) is 42.6. The van der Waals surface area contributed by atoms with Gasteiger partial charge < -0.3 is 26.2 Å². The number of aliphatic hydroxyl groups excluding tert-OH is 3. The van der Waals surface area contributed by atoms with Crippen LogP contribution in [0.15, 0.2) is 18.2 Å². The molecule has 4 aliphatic rings.